The molecule has 2 heterocycles. The summed E-state index contributed by atoms with van der Waals surface area (Å²) in [5.74, 6) is -1.34. The summed E-state index contributed by atoms with van der Waals surface area (Å²) in [6.45, 7) is 0.672. The first-order valence-corrected chi connectivity index (χ1v) is 3.39. The third kappa shape index (κ3) is 0.602. The summed E-state index contributed by atoms with van der Waals surface area (Å²) in [5, 5.41) is 9.48. The Hall–Kier alpha value is -0.610. The Morgan fingerprint density at radius 1 is 1.70 bits per heavy atom. The van der Waals surface area contributed by atoms with Crippen LogP contribution in [0.25, 0.3) is 0 Å². The van der Waals surface area contributed by atoms with E-state index in [9.17, 15) is 9.90 Å². The summed E-state index contributed by atoms with van der Waals surface area (Å²) < 4.78 is 4.91. The molecule has 0 aliphatic carbocycles. The molecule has 2 aliphatic heterocycles. The van der Waals surface area contributed by atoms with Crippen molar-refractivity contribution in [1.29, 1.82) is 0 Å². The Kier molecular flexibility index (Phi) is 1.04. The molecule has 0 radical (unpaired) electrons. The second-order valence-corrected chi connectivity index (χ2v) is 2.68. The first kappa shape index (κ1) is 6.12. The average Bonchev–Trinajstić information content (AvgIpc) is 2.35. The van der Waals surface area contributed by atoms with Gasteiger partial charge in [0.2, 0.25) is 0 Å². The number of fused-ring (bicyclic) bond motifs is 1. The van der Waals surface area contributed by atoms with Crippen molar-refractivity contribution in [3.63, 3.8) is 0 Å². The van der Waals surface area contributed by atoms with Gasteiger partial charge in [0.25, 0.3) is 11.8 Å². The fraction of sp³-hybridized carbons (Fsp3) is 0.833. The van der Waals surface area contributed by atoms with E-state index in [4.69, 9.17) is 4.74 Å². The maximum Gasteiger partial charge on any atom is 0.252 e. The minimum atomic E-state index is -1.24. The van der Waals surface area contributed by atoms with Gasteiger partial charge in [-0.15, -0.1) is 0 Å². The molecular formula is C6H9NO3. The Morgan fingerprint density at radius 3 is 3.20 bits per heavy atom. The zero-order valence-corrected chi connectivity index (χ0v) is 5.54. The summed E-state index contributed by atoms with van der Waals surface area (Å²) in [5.41, 5.74) is 0. The van der Waals surface area contributed by atoms with Crippen LogP contribution >= 0.6 is 0 Å². The minimum absolute atomic E-state index is 0.0382. The predicted molar refractivity (Wildman–Crippen MR) is 31.8 cm³/mol. The van der Waals surface area contributed by atoms with Crippen LogP contribution in [0.5, 0.6) is 0 Å². The minimum Gasteiger partial charge on any atom is -0.349 e. The summed E-state index contributed by atoms with van der Waals surface area (Å²) in [4.78, 5) is 12.3. The second-order valence-electron chi connectivity index (χ2n) is 2.68. The summed E-state index contributed by atoms with van der Waals surface area (Å²) >= 11 is 0. The molecule has 0 aromatic carbocycles. The second kappa shape index (κ2) is 1.71. The van der Waals surface area contributed by atoms with Gasteiger partial charge in [0.15, 0.2) is 0 Å². The lowest BCUT2D eigenvalue weighted by Gasteiger charge is -2.22. The van der Waals surface area contributed by atoms with E-state index < -0.39 is 5.91 Å². The smallest absolute Gasteiger partial charge is 0.252 e. The number of rotatable bonds is 0. The van der Waals surface area contributed by atoms with E-state index in [-0.39, 0.29) is 12.5 Å². The molecule has 0 spiro atoms. The molecule has 0 bridgehead atoms. The highest BCUT2D eigenvalue weighted by atomic mass is 16.7. The summed E-state index contributed by atoms with van der Waals surface area (Å²) in [6.07, 6.45) is 1.39. The number of carbonyl (C=O) groups is 1. The molecule has 1 N–H and O–H groups in total. The fourth-order valence-electron chi connectivity index (χ4n) is 1.50. The molecule has 1 amide bonds. The lowest BCUT2D eigenvalue weighted by molar-refractivity contribution is -0.226. The van der Waals surface area contributed by atoms with Crippen LogP contribution in [0.15, 0.2) is 0 Å². The van der Waals surface area contributed by atoms with Gasteiger partial charge in [-0.05, 0) is 6.42 Å². The largest absolute Gasteiger partial charge is 0.349 e. The van der Waals surface area contributed by atoms with Gasteiger partial charge >= 0.3 is 0 Å². The first-order chi connectivity index (χ1) is 4.72. The van der Waals surface area contributed by atoms with Gasteiger partial charge in [0, 0.05) is 13.0 Å². The molecular weight excluding hydrogens is 134 g/mol. The van der Waals surface area contributed by atoms with E-state index in [1.807, 2.05) is 0 Å². The van der Waals surface area contributed by atoms with Crippen molar-refractivity contribution in [3.8, 4) is 0 Å². The summed E-state index contributed by atoms with van der Waals surface area (Å²) in [6, 6.07) is 0. The van der Waals surface area contributed by atoms with Gasteiger partial charge in [-0.1, -0.05) is 0 Å². The molecule has 4 heteroatoms. The topological polar surface area (TPSA) is 49.8 Å². The van der Waals surface area contributed by atoms with Gasteiger partial charge < -0.3 is 9.84 Å². The van der Waals surface area contributed by atoms with Crippen molar-refractivity contribution in [2.75, 3.05) is 13.2 Å². The third-order valence-electron chi connectivity index (χ3n) is 2.03. The van der Waals surface area contributed by atoms with E-state index in [0.29, 0.717) is 13.0 Å². The Morgan fingerprint density at radius 2 is 2.50 bits per heavy atom. The molecule has 56 valence electrons. The van der Waals surface area contributed by atoms with Crippen molar-refractivity contribution in [2.45, 2.75) is 18.8 Å². The predicted octanol–water partition coefficient (Wildman–Crippen LogP) is -0.715. The van der Waals surface area contributed by atoms with Crippen LogP contribution in [-0.4, -0.2) is 35.0 Å². The van der Waals surface area contributed by atoms with Crippen LogP contribution in [0, 0.1) is 0 Å². The van der Waals surface area contributed by atoms with Gasteiger partial charge in [0.1, 0.15) is 6.61 Å². The maximum atomic E-state index is 10.9. The number of aliphatic hydroxyl groups is 1. The Balaban J connectivity index is 2.27. The van der Waals surface area contributed by atoms with E-state index >= 15 is 0 Å². The molecule has 2 saturated heterocycles. The molecule has 4 nitrogen and oxygen atoms in total. The van der Waals surface area contributed by atoms with E-state index in [1.165, 1.54) is 4.90 Å². The van der Waals surface area contributed by atoms with Crippen LogP contribution in [0.3, 0.4) is 0 Å². The highest BCUT2D eigenvalue weighted by Gasteiger charge is 2.48. The number of amides is 1. The number of ether oxygens (including phenoxy) is 1. The van der Waals surface area contributed by atoms with Crippen LogP contribution in [0.1, 0.15) is 12.8 Å². The Bertz CT molecular complexity index is 182. The molecule has 2 aliphatic rings. The standard InChI is InChI=1S/C6H9NO3/c8-5-4-10-6(9)2-1-3-7(5)6/h9H,1-4H2. The van der Waals surface area contributed by atoms with E-state index in [2.05, 4.69) is 0 Å². The number of nitrogens with zero attached hydrogens (tertiary/aromatic N) is 1. The molecule has 0 aromatic heterocycles. The Labute approximate surface area is 58.4 Å². The highest BCUT2D eigenvalue weighted by Crippen LogP contribution is 2.32. The van der Waals surface area contributed by atoms with Crippen LogP contribution in [0.2, 0.25) is 0 Å². The number of hydrogen-bond acceptors (Lipinski definition) is 3. The van der Waals surface area contributed by atoms with Gasteiger partial charge in [-0.3, -0.25) is 9.69 Å². The van der Waals surface area contributed by atoms with Crippen LogP contribution in [0.4, 0.5) is 0 Å². The van der Waals surface area contributed by atoms with Crippen molar-refractivity contribution < 1.29 is 14.6 Å². The molecule has 10 heavy (non-hydrogen) atoms. The van der Waals surface area contributed by atoms with Gasteiger partial charge in [-0.25, -0.2) is 0 Å². The molecule has 1 atom stereocenters. The van der Waals surface area contributed by atoms with Gasteiger partial charge in [0.05, 0.1) is 0 Å². The van der Waals surface area contributed by atoms with Crippen molar-refractivity contribution in [1.82, 2.24) is 4.90 Å². The fourth-order valence-corrected chi connectivity index (χ4v) is 1.50. The average molecular weight is 143 g/mol. The normalized spacial score (nSPS) is 38.9. The molecule has 1 unspecified atom stereocenters. The molecule has 2 fully saturated rings. The zero-order chi connectivity index (χ0) is 7.19. The molecule has 0 saturated carbocycles. The lowest BCUT2D eigenvalue weighted by Crippen LogP contribution is -2.40. The van der Waals surface area contributed by atoms with Gasteiger partial charge in [-0.2, -0.15) is 0 Å². The molecule has 2 rings (SSSR count). The summed E-state index contributed by atoms with van der Waals surface area (Å²) in [7, 11) is 0. The van der Waals surface area contributed by atoms with Crippen molar-refractivity contribution in [2.24, 2.45) is 0 Å². The number of carbonyl (C=O) groups excluding carboxylic acids is 1. The quantitative estimate of drug-likeness (QED) is 0.487. The SMILES string of the molecule is O=C1COC2(O)CCCN12. The molecule has 0 aromatic rings. The highest BCUT2D eigenvalue weighted by molar-refractivity contribution is 5.79. The van der Waals surface area contributed by atoms with E-state index in [0.717, 1.165) is 6.42 Å². The van der Waals surface area contributed by atoms with Crippen LogP contribution in [-0.2, 0) is 9.53 Å². The van der Waals surface area contributed by atoms with Crippen molar-refractivity contribution >= 4 is 5.91 Å². The lowest BCUT2D eigenvalue weighted by atomic mass is 10.3. The first-order valence-electron chi connectivity index (χ1n) is 3.39. The van der Waals surface area contributed by atoms with E-state index in [1.54, 1.807) is 0 Å². The third-order valence-corrected chi connectivity index (χ3v) is 2.03. The maximum absolute atomic E-state index is 10.9. The monoisotopic (exact) mass is 143 g/mol. The number of hydrogen-bond donors (Lipinski definition) is 1. The zero-order valence-electron chi connectivity index (χ0n) is 5.54. The van der Waals surface area contributed by atoms with Crippen LogP contribution < -0.4 is 0 Å². The van der Waals surface area contributed by atoms with Crippen molar-refractivity contribution in [3.05, 3.63) is 0 Å².